The van der Waals surface area contributed by atoms with Crippen LogP contribution in [-0.4, -0.2) is 60.7 Å². The number of methoxy groups -OCH3 is 1. The van der Waals surface area contributed by atoms with Gasteiger partial charge in [0.05, 0.1) is 12.0 Å². The fourth-order valence-corrected chi connectivity index (χ4v) is 6.01. The molecule has 0 bridgehead atoms. The van der Waals surface area contributed by atoms with Crippen molar-refractivity contribution in [2.24, 2.45) is 5.41 Å². The van der Waals surface area contributed by atoms with Gasteiger partial charge < -0.3 is 19.0 Å². The first-order valence-corrected chi connectivity index (χ1v) is 13.1. The molecule has 0 atom stereocenters. The topological polar surface area (TPSA) is 80.1 Å². The third kappa shape index (κ3) is 4.85. The van der Waals surface area contributed by atoms with Gasteiger partial charge in [-0.3, -0.25) is 14.4 Å². The maximum absolute atomic E-state index is 13.1. The summed E-state index contributed by atoms with van der Waals surface area (Å²) in [6.45, 7) is 2.82. The van der Waals surface area contributed by atoms with Crippen LogP contribution in [0.25, 0.3) is 11.0 Å². The number of Topliss-reactive ketones (excluding diaryl/α,β-unsaturated/α-hetero) is 1. The Morgan fingerprint density at radius 3 is 2.51 bits per heavy atom. The Bertz CT molecular complexity index is 1220. The van der Waals surface area contributed by atoms with Crippen LogP contribution in [0.15, 0.2) is 46.2 Å². The molecule has 1 spiro atoms. The first-order chi connectivity index (χ1) is 17.0. The number of fused-ring (bicyclic) bond motifs is 1. The van der Waals surface area contributed by atoms with Crippen LogP contribution in [0.1, 0.15) is 58.8 Å². The van der Waals surface area contributed by atoms with E-state index in [4.69, 9.17) is 9.15 Å². The number of rotatable bonds is 7. The Hall–Kier alpha value is -3.13. The molecule has 0 unspecified atom stereocenters. The van der Waals surface area contributed by atoms with Crippen molar-refractivity contribution >= 4 is 39.9 Å². The molecule has 2 aliphatic rings. The third-order valence-electron chi connectivity index (χ3n) is 7.43. The van der Waals surface area contributed by atoms with Gasteiger partial charge in [-0.15, -0.1) is 11.3 Å². The first-order valence-electron chi connectivity index (χ1n) is 12.2. The number of ether oxygens (including phenoxy) is 1. The number of hydrogen-bond acceptors (Lipinski definition) is 6. The second-order valence-corrected chi connectivity index (χ2v) is 10.5. The normalized spacial score (nSPS) is 17.3. The molecule has 7 nitrogen and oxygen atoms in total. The highest BCUT2D eigenvalue weighted by molar-refractivity contribution is 7.12. The quantitative estimate of drug-likeness (QED) is 0.431. The third-order valence-corrected chi connectivity index (χ3v) is 8.34. The Kier molecular flexibility index (Phi) is 6.65. The number of furan rings is 1. The molecular weight excluding hydrogens is 464 g/mol. The molecule has 2 saturated heterocycles. The summed E-state index contributed by atoms with van der Waals surface area (Å²) in [5.41, 5.74) is 0.671. The zero-order valence-corrected chi connectivity index (χ0v) is 20.8. The van der Waals surface area contributed by atoms with Crippen LogP contribution in [-0.2, 0) is 4.79 Å². The molecule has 2 aliphatic heterocycles. The molecule has 0 aliphatic carbocycles. The molecule has 4 heterocycles. The van der Waals surface area contributed by atoms with Crippen molar-refractivity contribution in [3.8, 4) is 5.75 Å². The SMILES string of the molecule is COc1cccc2cc(C(=O)N3CCC4(CCN(C(=O)CCCC(=O)c5cccs5)C4)CC3)oc12. The van der Waals surface area contributed by atoms with Crippen molar-refractivity contribution in [2.75, 3.05) is 33.3 Å². The van der Waals surface area contributed by atoms with E-state index in [9.17, 15) is 14.4 Å². The average molecular weight is 495 g/mol. The standard InChI is InChI=1S/C27H30N2O5S/c1-33-21-7-2-5-19-17-22(34-25(19)21)26(32)28-13-10-27(11-14-28)12-15-29(18-27)24(31)9-3-6-20(30)23-8-4-16-35-23/h2,4-5,7-8,16-17H,3,6,9-15,18H2,1H3. The van der Waals surface area contributed by atoms with Crippen LogP contribution in [0.5, 0.6) is 5.75 Å². The van der Waals surface area contributed by atoms with Gasteiger partial charge in [-0.05, 0) is 54.7 Å². The molecule has 3 aromatic rings. The number of carbonyl (C=O) groups excluding carboxylic acids is 3. The summed E-state index contributed by atoms with van der Waals surface area (Å²) in [5.74, 6) is 1.10. The van der Waals surface area contributed by atoms with Crippen LogP contribution < -0.4 is 4.74 Å². The van der Waals surface area contributed by atoms with E-state index in [0.717, 1.165) is 42.6 Å². The summed E-state index contributed by atoms with van der Waals surface area (Å²) in [6.07, 6.45) is 4.13. The molecule has 0 N–H and O–H groups in total. The summed E-state index contributed by atoms with van der Waals surface area (Å²) >= 11 is 1.45. The highest BCUT2D eigenvalue weighted by atomic mass is 32.1. The summed E-state index contributed by atoms with van der Waals surface area (Å²) < 4.78 is 11.2. The lowest BCUT2D eigenvalue weighted by Gasteiger charge is -2.39. The van der Waals surface area contributed by atoms with Gasteiger partial charge in [0.1, 0.15) is 0 Å². The number of likely N-dealkylation sites (tertiary alicyclic amines) is 2. The van der Waals surface area contributed by atoms with E-state index in [1.54, 1.807) is 13.2 Å². The predicted octanol–water partition coefficient (Wildman–Crippen LogP) is 5.01. The van der Waals surface area contributed by atoms with Crippen LogP contribution in [0.2, 0.25) is 0 Å². The Morgan fingerprint density at radius 2 is 1.80 bits per heavy atom. The van der Waals surface area contributed by atoms with Gasteiger partial charge in [0.2, 0.25) is 5.91 Å². The molecule has 1 aromatic carbocycles. The van der Waals surface area contributed by atoms with Gasteiger partial charge in [-0.2, -0.15) is 0 Å². The van der Waals surface area contributed by atoms with Gasteiger partial charge >= 0.3 is 0 Å². The number of amides is 2. The Labute approximate surface area is 208 Å². The summed E-state index contributed by atoms with van der Waals surface area (Å²) in [6, 6.07) is 11.1. The number of hydrogen-bond donors (Lipinski definition) is 0. The zero-order valence-electron chi connectivity index (χ0n) is 20.0. The van der Waals surface area contributed by atoms with Gasteiger partial charge in [0.15, 0.2) is 22.9 Å². The lowest BCUT2D eigenvalue weighted by atomic mass is 9.77. The second kappa shape index (κ2) is 9.85. The number of para-hydroxylation sites is 1. The van der Waals surface area contributed by atoms with Crippen molar-refractivity contribution in [3.63, 3.8) is 0 Å². The summed E-state index contributed by atoms with van der Waals surface area (Å²) in [4.78, 5) is 42.6. The van der Waals surface area contributed by atoms with Crippen LogP contribution in [0.3, 0.4) is 0 Å². The summed E-state index contributed by atoms with van der Waals surface area (Å²) in [7, 11) is 1.59. The maximum Gasteiger partial charge on any atom is 0.289 e. The van der Waals surface area contributed by atoms with E-state index in [2.05, 4.69) is 0 Å². The van der Waals surface area contributed by atoms with Crippen LogP contribution >= 0.6 is 11.3 Å². The fraction of sp³-hybridized carbons (Fsp3) is 0.444. The number of thiophene rings is 1. The molecule has 2 aromatic heterocycles. The van der Waals surface area contributed by atoms with E-state index in [1.165, 1.54) is 11.3 Å². The van der Waals surface area contributed by atoms with E-state index < -0.39 is 0 Å². The van der Waals surface area contributed by atoms with Crippen LogP contribution in [0, 0.1) is 5.41 Å². The zero-order chi connectivity index (χ0) is 24.4. The predicted molar refractivity (Wildman–Crippen MR) is 134 cm³/mol. The van der Waals surface area contributed by atoms with E-state index in [1.807, 2.05) is 45.5 Å². The molecular formula is C27H30N2O5S. The average Bonchev–Trinajstić information content (AvgIpc) is 3.63. The van der Waals surface area contributed by atoms with Gasteiger partial charge in [0, 0.05) is 44.4 Å². The van der Waals surface area contributed by atoms with Crippen molar-refractivity contribution in [1.29, 1.82) is 0 Å². The van der Waals surface area contributed by atoms with Crippen molar-refractivity contribution in [1.82, 2.24) is 9.80 Å². The Morgan fingerprint density at radius 1 is 1.03 bits per heavy atom. The summed E-state index contributed by atoms with van der Waals surface area (Å²) in [5, 5.41) is 2.75. The fourth-order valence-electron chi connectivity index (χ4n) is 5.32. The van der Waals surface area contributed by atoms with Crippen molar-refractivity contribution < 1.29 is 23.5 Å². The minimum absolute atomic E-state index is 0.0797. The van der Waals surface area contributed by atoms with Crippen molar-refractivity contribution in [2.45, 2.75) is 38.5 Å². The number of nitrogens with zero attached hydrogens (tertiary/aromatic N) is 2. The molecule has 35 heavy (non-hydrogen) atoms. The largest absolute Gasteiger partial charge is 0.493 e. The minimum Gasteiger partial charge on any atom is -0.493 e. The molecule has 2 amide bonds. The van der Waals surface area contributed by atoms with Crippen molar-refractivity contribution in [3.05, 3.63) is 52.4 Å². The van der Waals surface area contributed by atoms with Gasteiger partial charge in [0.25, 0.3) is 5.91 Å². The Balaban J connectivity index is 1.12. The molecule has 5 rings (SSSR count). The number of ketones is 1. The highest BCUT2D eigenvalue weighted by Crippen LogP contribution is 2.41. The number of carbonyl (C=O) groups is 3. The molecule has 8 heteroatoms. The number of benzene rings is 1. The second-order valence-electron chi connectivity index (χ2n) is 9.60. The van der Waals surface area contributed by atoms with Gasteiger partial charge in [-0.1, -0.05) is 18.2 Å². The lowest BCUT2D eigenvalue weighted by Crippen LogP contribution is -2.44. The smallest absolute Gasteiger partial charge is 0.289 e. The van der Waals surface area contributed by atoms with Crippen LogP contribution in [0.4, 0.5) is 0 Å². The van der Waals surface area contributed by atoms with E-state index in [-0.39, 0.29) is 23.0 Å². The first kappa shape index (κ1) is 23.6. The molecule has 2 fully saturated rings. The minimum atomic E-state index is -0.0977. The molecule has 0 saturated carbocycles. The van der Waals surface area contributed by atoms with Gasteiger partial charge in [-0.25, -0.2) is 0 Å². The monoisotopic (exact) mass is 494 g/mol. The maximum atomic E-state index is 13.1. The number of piperidine rings is 1. The van der Waals surface area contributed by atoms with E-state index >= 15 is 0 Å². The lowest BCUT2D eigenvalue weighted by molar-refractivity contribution is -0.130. The molecule has 184 valence electrons. The van der Waals surface area contributed by atoms with E-state index in [0.29, 0.717) is 49.4 Å². The highest BCUT2D eigenvalue weighted by Gasteiger charge is 2.43. The molecule has 0 radical (unpaired) electrons.